The molecule has 0 bridgehead atoms. The first kappa shape index (κ1) is 23.6. The van der Waals surface area contributed by atoms with Gasteiger partial charge in [0.2, 0.25) is 5.88 Å². The molecule has 0 aliphatic heterocycles. The van der Waals surface area contributed by atoms with Crippen molar-refractivity contribution < 1.29 is 14.1 Å². The van der Waals surface area contributed by atoms with Gasteiger partial charge in [0, 0.05) is 35.3 Å². The number of halogens is 1. The van der Waals surface area contributed by atoms with Crippen LogP contribution in [-0.4, -0.2) is 30.1 Å². The SMILES string of the molecule is CCN(CC)c1oc(/C=N\NC(=O)c2ccc(Br)cc2)cc1Sc1ccccc1[N+](=O)[O-]. The Morgan fingerprint density at radius 3 is 2.53 bits per heavy atom. The highest BCUT2D eigenvalue weighted by Crippen LogP contribution is 2.41. The molecule has 0 unspecified atom stereocenters. The number of carbonyl (C=O) groups excluding carboxylic acids is 1. The minimum absolute atomic E-state index is 0.0289. The summed E-state index contributed by atoms with van der Waals surface area (Å²) >= 11 is 4.59. The van der Waals surface area contributed by atoms with Crippen LogP contribution < -0.4 is 10.3 Å². The smallest absolute Gasteiger partial charge is 0.283 e. The normalized spacial score (nSPS) is 11.0. The highest BCUT2D eigenvalue weighted by Gasteiger charge is 2.20. The van der Waals surface area contributed by atoms with E-state index < -0.39 is 4.92 Å². The number of nitrogens with zero attached hydrogens (tertiary/aromatic N) is 3. The monoisotopic (exact) mass is 516 g/mol. The summed E-state index contributed by atoms with van der Waals surface area (Å²) in [5.74, 6) is 0.668. The lowest BCUT2D eigenvalue weighted by Crippen LogP contribution is -2.21. The Labute approximate surface area is 198 Å². The second-order valence-electron chi connectivity index (χ2n) is 6.52. The molecule has 0 atom stereocenters. The molecule has 1 heterocycles. The number of nitro benzene ring substituents is 1. The summed E-state index contributed by atoms with van der Waals surface area (Å²) in [6.45, 7) is 5.39. The second kappa shape index (κ2) is 11.0. The molecule has 0 aliphatic carbocycles. The number of anilines is 1. The van der Waals surface area contributed by atoms with E-state index >= 15 is 0 Å². The van der Waals surface area contributed by atoms with Crippen molar-refractivity contribution in [3.8, 4) is 0 Å². The molecule has 0 aliphatic rings. The van der Waals surface area contributed by atoms with Crippen molar-refractivity contribution >= 4 is 51.4 Å². The summed E-state index contributed by atoms with van der Waals surface area (Å²) in [5.41, 5.74) is 2.97. The van der Waals surface area contributed by atoms with Crippen LogP contribution >= 0.6 is 27.7 Å². The molecule has 166 valence electrons. The van der Waals surface area contributed by atoms with E-state index in [9.17, 15) is 14.9 Å². The standard InChI is InChI=1S/C22H21BrN4O4S/c1-3-26(4-2)22-20(32-19-8-6-5-7-18(19)27(29)30)13-17(31-22)14-24-25-21(28)15-9-11-16(23)12-10-15/h5-14H,3-4H2,1-2H3,(H,25,28)/b24-14-. The quantitative estimate of drug-likeness (QED) is 0.222. The van der Waals surface area contributed by atoms with Crippen LogP contribution in [0.3, 0.4) is 0 Å². The van der Waals surface area contributed by atoms with E-state index in [1.807, 2.05) is 18.7 Å². The molecular formula is C22H21BrN4O4S. The van der Waals surface area contributed by atoms with E-state index in [1.165, 1.54) is 24.0 Å². The first-order valence-corrected chi connectivity index (χ1v) is 11.4. The lowest BCUT2D eigenvalue weighted by Gasteiger charge is -2.18. The topological polar surface area (TPSA) is 101 Å². The molecule has 3 rings (SSSR count). The van der Waals surface area contributed by atoms with Gasteiger partial charge in [0.15, 0.2) is 5.76 Å². The van der Waals surface area contributed by atoms with Gasteiger partial charge in [0.25, 0.3) is 11.6 Å². The van der Waals surface area contributed by atoms with Crippen LogP contribution in [0.5, 0.6) is 0 Å². The number of para-hydroxylation sites is 1. The van der Waals surface area contributed by atoms with Crippen molar-refractivity contribution in [2.45, 2.75) is 23.6 Å². The van der Waals surface area contributed by atoms with Crippen LogP contribution in [0.25, 0.3) is 0 Å². The number of rotatable bonds is 9. The molecular weight excluding hydrogens is 496 g/mol. The van der Waals surface area contributed by atoms with E-state index in [4.69, 9.17) is 4.42 Å². The zero-order valence-corrected chi connectivity index (χ0v) is 19.9. The third-order valence-electron chi connectivity index (χ3n) is 4.50. The van der Waals surface area contributed by atoms with Crippen molar-refractivity contribution in [3.63, 3.8) is 0 Å². The molecule has 0 radical (unpaired) electrons. The predicted molar refractivity (Wildman–Crippen MR) is 129 cm³/mol. The fourth-order valence-electron chi connectivity index (χ4n) is 2.88. The lowest BCUT2D eigenvalue weighted by atomic mass is 10.2. The zero-order valence-electron chi connectivity index (χ0n) is 17.4. The molecule has 10 heteroatoms. The molecule has 1 aromatic heterocycles. The average molecular weight is 517 g/mol. The minimum atomic E-state index is -0.403. The van der Waals surface area contributed by atoms with E-state index in [2.05, 4.69) is 26.5 Å². The van der Waals surface area contributed by atoms with Crippen LogP contribution in [0, 0.1) is 10.1 Å². The van der Waals surface area contributed by atoms with Gasteiger partial charge in [0.05, 0.1) is 20.9 Å². The molecule has 0 spiro atoms. The van der Waals surface area contributed by atoms with Crippen LogP contribution in [-0.2, 0) is 0 Å². The van der Waals surface area contributed by atoms with Gasteiger partial charge < -0.3 is 9.32 Å². The Hall–Kier alpha value is -3.11. The Bertz CT molecular complexity index is 1130. The van der Waals surface area contributed by atoms with Gasteiger partial charge in [-0.25, -0.2) is 5.43 Å². The lowest BCUT2D eigenvalue weighted by molar-refractivity contribution is -0.387. The number of benzene rings is 2. The van der Waals surface area contributed by atoms with Crippen LogP contribution in [0.4, 0.5) is 11.6 Å². The van der Waals surface area contributed by atoms with Crippen molar-refractivity contribution in [3.05, 3.63) is 80.5 Å². The number of amides is 1. The maximum atomic E-state index is 12.2. The number of hydrazone groups is 1. The van der Waals surface area contributed by atoms with E-state index in [0.29, 0.717) is 35.2 Å². The predicted octanol–water partition coefficient (Wildman–Crippen LogP) is 5.71. The maximum Gasteiger partial charge on any atom is 0.283 e. The molecule has 1 amide bonds. The summed E-state index contributed by atoms with van der Waals surface area (Å²) in [4.78, 5) is 26.4. The van der Waals surface area contributed by atoms with Gasteiger partial charge in [-0.15, -0.1) is 0 Å². The number of furan rings is 1. The zero-order chi connectivity index (χ0) is 23.1. The van der Waals surface area contributed by atoms with E-state index in [1.54, 1.807) is 48.5 Å². The number of nitro groups is 1. The summed E-state index contributed by atoms with van der Waals surface area (Å²) in [5, 5.41) is 15.4. The summed E-state index contributed by atoms with van der Waals surface area (Å²) in [6, 6.07) is 15.2. The summed E-state index contributed by atoms with van der Waals surface area (Å²) < 4.78 is 6.84. The number of hydrogen-bond acceptors (Lipinski definition) is 7. The molecule has 8 nitrogen and oxygen atoms in total. The minimum Gasteiger partial charge on any atom is -0.438 e. The first-order valence-electron chi connectivity index (χ1n) is 9.82. The summed E-state index contributed by atoms with van der Waals surface area (Å²) in [6.07, 6.45) is 1.41. The molecule has 0 saturated heterocycles. The average Bonchev–Trinajstić information content (AvgIpc) is 3.17. The van der Waals surface area contributed by atoms with Gasteiger partial charge in [0.1, 0.15) is 0 Å². The van der Waals surface area contributed by atoms with Crippen molar-refractivity contribution in [2.24, 2.45) is 5.10 Å². The first-order chi connectivity index (χ1) is 15.4. The van der Waals surface area contributed by atoms with Crippen LogP contribution in [0.2, 0.25) is 0 Å². The van der Waals surface area contributed by atoms with Crippen molar-refractivity contribution in [2.75, 3.05) is 18.0 Å². The highest BCUT2D eigenvalue weighted by atomic mass is 79.9. The van der Waals surface area contributed by atoms with E-state index in [-0.39, 0.29) is 11.6 Å². The highest BCUT2D eigenvalue weighted by molar-refractivity contribution is 9.10. The fraction of sp³-hybridized carbons (Fsp3) is 0.182. The van der Waals surface area contributed by atoms with E-state index in [0.717, 1.165) is 9.37 Å². The van der Waals surface area contributed by atoms with Gasteiger partial charge >= 0.3 is 0 Å². The number of carbonyl (C=O) groups is 1. The number of hydrogen-bond donors (Lipinski definition) is 1. The Morgan fingerprint density at radius 1 is 1.19 bits per heavy atom. The largest absolute Gasteiger partial charge is 0.438 e. The molecule has 0 fully saturated rings. The van der Waals surface area contributed by atoms with Crippen molar-refractivity contribution in [1.29, 1.82) is 0 Å². The Morgan fingerprint density at radius 2 is 1.88 bits per heavy atom. The number of nitrogens with one attached hydrogen (secondary N) is 1. The van der Waals surface area contributed by atoms with Gasteiger partial charge in [-0.2, -0.15) is 5.10 Å². The van der Waals surface area contributed by atoms with Crippen LogP contribution in [0.1, 0.15) is 30.0 Å². The Balaban J connectivity index is 1.83. The van der Waals surface area contributed by atoms with Gasteiger partial charge in [-0.3, -0.25) is 14.9 Å². The molecule has 1 N–H and O–H groups in total. The second-order valence-corrected chi connectivity index (χ2v) is 8.52. The fourth-order valence-corrected chi connectivity index (χ4v) is 4.21. The maximum absolute atomic E-state index is 12.2. The molecule has 0 saturated carbocycles. The Kier molecular flexibility index (Phi) is 8.07. The van der Waals surface area contributed by atoms with Crippen molar-refractivity contribution in [1.82, 2.24) is 5.43 Å². The van der Waals surface area contributed by atoms with Gasteiger partial charge in [-0.05, 0) is 44.2 Å². The van der Waals surface area contributed by atoms with Crippen LogP contribution in [0.15, 0.2) is 78.4 Å². The third kappa shape index (κ3) is 5.77. The molecule has 3 aromatic rings. The molecule has 2 aromatic carbocycles. The van der Waals surface area contributed by atoms with Gasteiger partial charge in [-0.1, -0.05) is 39.8 Å². The molecule has 32 heavy (non-hydrogen) atoms. The summed E-state index contributed by atoms with van der Waals surface area (Å²) in [7, 11) is 0. The third-order valence-corrected chi connectivity index (χ3v) is 6.10.